The zero-order chi connectivity index (χ0) is 33.1. The molecule has 2 aromatic carbocycles. The van der Waals surface area contributed by atoms with Crippen LogP contribution in [0.4, 0.5) is 5.69 Å². The highest BCUT2D eigenvalue weighted by Crippen LogP contribution is 2.48. The Morgan fingerprint density at radius 3 is 2.76 bits per heavy atom. The van der Waals surface area contributed by atoms with Crippen LogP contribution in [0.3, 0.4) is 0 Å². The van der Waals surface area contributed by atoms with E-state index in [1.807, 2.05) is 12.1 Å². The number of ether oxygens (including phenoxy) is 2. The van der Waals surface area contributed by atoms with Gasteiger partial charge in [-0.05, 0) is 106 Å². The molecular formula is C36H45ClN2O6S. The van der Waals surface area contributed by atoms with Crippen LogP contribution in [-0.4, -0.2) is 63.7 Å². The van der Waals surface area contributed by atoms with Gasteiger partial charge in [-0.2, -0.15) is 0 Å². The molecule has 1 heterocycles. The highest BCUT2D eigenvalue weighted by molar-refractivity contribution is 7.90. The van der Waals surface area contributed by atoms with Gasteiger partial charge in [-0.25, -0.2) is 13.1 Å². The van der Waals surface area contributed by atoms with Crippen LogP contribution < -0.4 is 14.4 Å². The van der Waals surface area contributed by atoms with E-state index in [0.29, 0.717) is 25.4 Å². The Kier molecular flexibility index (Phi) is 10.4. The van der Waals surface area contributed by atoms with Gasteiger partial charge in [0.05, 0.1) is 17.5 Å². The summed E-state index contributed by atoms with van der Waals surface area (Å²) in [6.45, 7) is 6.67. The van der Waals surface area contributed by atoms with E-state index in [0.717, 1.165) is 49.2 Å². The molecule has 2 aliphatic carbocycles. The molecule has 5 rings (SSSR count). The standard InChI is InChI=1S/C36H45ClN2O6S/c1-5-6-17-36(44-4,18-8-19-40)31-13-10-28(31)22-39-23-35(16-7-9-26-20-29(37)12-14-30(26)35)24-45-33-15-11-27(21-32(33)39)34(41)38-46(42,43)25(2)3/h6,11-12,14-15,17,20-21,25,28,31,40H,5,7,9-10,13,16,19,22-24H2,1-4H3,(H,38,41)/b17-6+/t28-,31+,35-,36+/m0/s1. The highest BCUT2D eigenvalue weighted by atomic mass is 35.5. The summed E-state index contributed by atoms with van der Waals surface area (Å²) in [5.41, 5.74) is 2.34. The maximum atomic E-state index is 13.2. The van der Waals surface area contributed by atoms with Gasteiger partial charge >= 0.3 is 0 Å². The summed E-state index contributed by atoms with van der Waals surface area (Å²) >= 11 is 6.42. The number of hydrogen-bond acceptors (Lipinski definition) is 7. The van der Waals surface area contributed by atoms with E-state index in [-0.39, 0.29) is 29.4 Å². The number of fused-ring (bicyclic) bond motifs is 3. The number of aliphatic hydroxyl groups excluding tert-OH is 1. The van der Waals surface area contributed by atoms with Crippen molar-refractivity contribution in [2.45, 2.75) is 75.6 Å². The Morgan fingerprint density at radius 1 is 1.28 bits per heavy atom. The van der Waals surface area contributed by atoms with E-state index in [4.69, 9.17) is 21.1 Å². The fourth-order valence-electron chi connectivity index (χ4n) is 7.20. The molecule has 1 amide bonds. The summed E-state index contributed by atoms with van der Waals surface area (Å²) in [4.78, 5) is 15.5. The number of rotatable bonds is 9. The van der Waals surface area contributed by atoms with E-state index in [1.165, 1.54) is 25.0 Å². The Hall–Kier alpha value is -3.03. The van der Waals surface area contributed by atoms with Crippen molar-refractivity contribution >= 4 is 33.2 Å². The second kappa shape index (κ2) is 14.0. The van der Waals surface area contributed by atoms with Crippen LogP contribution in [0.2, 0.25) is 5.02 Å². The van der Waals surface area contributed by atoms with Crippen LogP contribution in [0.25, 0.3) is 0 Å². The van der Waals surface area contributed by atoms with Crippen molar-refractivity contribution in [3.05, 3.63) is 70.3 Å². The number of halogens is 1. The number of aliphatic hydroxyl groups is 1. The second-order valence-corrected chi connectivity index (χ2v) is 15.7. The molecule has 0 unspecified atom stereocenters. The van der Waals surface area contributed by atoms with E-state index >= 15 is 0 Å². The number of methoxy groups -OCH3 is 1. The van der Waals surface area contributed by atoms with E-state index < -0.39 is 26.8 Å². The van der Waals surface area contributed by atoms with Gasteiger partial charge in [0.2, 0.25) is 10.0 Å². The third-order valence-electron chi connectivity index (χ3n) is 9.88. The molecule has 46 heavy (non-hydrogen) atoms. The monoisotopic (exact) mass is 668 g/mol. The van der Waals surface area contributed by atoms with Crippen LogP contribution in [0.15, 0.2) is 48.6 Å². The van der Waals surface area contributed by atoms with Gasteiger partial charge in [0.25, 0.3) is 5.91 Å². The lowest BCUT2D eigenvalue weighted by Crippen LogP contribution is -2.52. The lowest BCUT2D eigenvalue weighted by Gasteiger charge is -2.48. The molecule has 8 nitrogen and oxygen atoms in total. The summed E-state index contributed by atoms with van der Waals surface area (Å²) in [6.07, 6.45) is 9.71. The predicted molar refractivity (Wildman–Crippen MR) is 182 cm³/mol. The van der Waals surface area contributed by atoms with Crippen molar-refractivity contribution in [2.24, 2.45) is 11.8 Å². The Labute approximate surface area is 278 Å². The number of nitrogens with one attached hydrogen (secondary N) is 1. The minimum atomic E-state index is -3.81. The largest absolute Gasteiger partial charge is 0.490 e. The molecule has 10 heteroatoms. The van der Waals surface area contributed by atoms with Crippen molar-refractivity contribution in [3.63, 3.8) is 0 Å². The zero-order valence-electron chi connectivity index (χ0n) is 27.1. The van der Waals surface area contributed by atoms with Gasteiger partial charge < -0.3 is 19.5 Å². The predicted octanol–water partition coefficient (Wildman–Crippen LogP) is 5.65. The van der Waals surface area contributed by atoms with Crippen LogP contribution in [-0.2, 0) is 26.6 Å². The molecule has 1 fully saturated rings. The SMILES string of the molecule is CC/C=C/[C@](C#CCO)(OC)[C@@H]1CC[C@H]1CN1C[C@@]2(CCCc3cc(Cl)ccc32)COc2ccc(C(=O)NS(=O)(=O)C(C)C)cc21. The van der Waals surface area contributed by atoms with Crippen molar-refractivity contribution < 1.29 is 27.8 Å². The van der Waals surface area contributed by atoms with Gasteiger partial charge in [0.15, 0.2) is 0 Å². The van der Waals surface area contributed by atoms with Gasteiger partial charge in [0.1, 0.15) is 18.0 Å². The van der Waals surface area contributed by atoms with Crippen molar-refractivity contribution in [1.82, 2.24) is 4.72 Å². The number of benzene rings is 2. The molecule has 0 bridgehead atoms. The zero-order valence-corrected chi connectivity index (χ0v) is 28.7. The van der Waals surface area contributed by atoms with Gasteiger partial charge in [-0.3, -0.25) is 4.79 Å². The third kappa shape index (κ3) is 6.82. The molecule has 4 atom stereocenters. The van der Waals surface area contributed by atoms with Crippen molar-refractivity contribution in [1.29, 1.82) is 0 Å². The van der Waals surface area contributed by atoms with E-state index in [1.54, 1.807) is 25.3 Å². The Bertz CT molecular complexity index is 1650. The normalized spacial score (nSPS) is 23.8. The van der Waals surface area contributed by atoms with Gasteiger partial charge in [0, 0.05) is 42.1 Å². The Morgan fingerprint density at radius 2 is 2.09 bits per heavy atom. The van der Waals surface area contributed by atoms with Crippen LogP contribution in [0.1, 0.15) is 74.4 Å². The first-order chi connectivity index (χ1) is 22.0. The highest BCUT2D eigenvalue weighted by Gasteiger charge is 2.48. The van der Waals surface area contributed by atoms with Crippen molar-refractivity contribution in [3.8, 4) is 17.6 Å². The molecule has 1 saturated carbocycles. The lowest BCUT2D eigenvalue weighted by molar-refractivity contribution is -0.0351. The number of allylic oxidation sites excluding steroid dienone is 1. The van der Waals surface area contributed by atoms with Gasteiger partial charge in [-0.1, -0.05) is 42.5 Å². The fourth-order valence-corrected chi connectivity index (χ4v) is 8.00. The molecule has 0 aromatic heterocycles. The number of carbonyl (C=O) groups excluding carboxylic acids is 1. The molecular weight excluding hydrogens is 624 g/mol. The molecule has 2 aromatic rings. The number of aryl methyl sites for hydroxylation is 1. The first-order valence-corrected chi connectivity index (χ1v) is 18.1. The maximum absolute atomic E-state index is 13.2. The molecule has 248 valence electrons. The number of amides is 1. The van der Waals surface area contributed by atoms with Gasteiger partial charge in [-0.15, -0.1) is 0 Å². The minimum Gasteiger partial charge on any atom is -0.490 e. The summed E-state index contributed by atoms with van der Waals surface area (Å²) in [5.74, 6) is 6.34. The summed E-state index contributed by atoms with van der Waals surface area (Å²) in [5, 5.41) is 9.52. The third-order valence-corrected chi connectivity index (χ3v) is 11.8. The summed E-state index contributed by atoms with van der Waals surface area (Å²) in [7, 11) is -2.14. The average molecular weight is 669 g/mol. The van der Waals surface area contributed by atoms with E-state index in [2.05, 4.69) is 46.6 Å². The molecule has 0 saturated heterocycles. The number of anilines is 1. The molecule has 3 aliphatic rings. The fraction of sp³-hybridized carbons (Fsp3) is 0.528. The number of nitrogens with zero attached hydrogens (tertiary/aromatic N) is 1. The molecule has 1 aliphatic heterocycles. The number of hydrogen-bond donors (Lipinski definition) is 2. The average Bonchev–Trinajstić information content (AvgIpc) is 3.17. The van der Waals surface area contributed by atoms with E-state index in [9.17, 15) is 18.3 Å². The first kappa shape index (κ1) is 34.3. The topological polar surface area (TPSA) is 105 Å². The summed E-state index contributed by atoms with van der Waals surface area (Å²) in [6, 6.07) is 11.3. The van der Waals surface area contributed by atoms with Crippen molar-refractivity contribution in [2.75, 3.05) is 38.3 Å². The first-order valence-electron chi connectivity index (χ1n) is 16.2. The van der Waals surface area contributed by atoms with Crippen LogP contribution >= 0.6 is 11.6 Å². The summed E-state index contributed by atoms with van der Waals surface area (Å²) < 4.78 is 40.0. The maximum Gasteiger partial charge on any atom is 0.264 e. The molecule has 1 spiro atoms. The smallest absolute Gasteiger partial charge is 0.264 e. The lowest BCUT2D eigenvalue weighted by atomic mass is 9.64. The minimum absolute atomic E-state index is 0.0861. The van der Waals surface area contributed by atoms with Crippen LogP contribution in [0.5, 0.6) is 5.75 Å². The second-order valence-electron chi connectivity index (χ2n) is 13.0. The molecule has 2 N–H and O–H groups in total. The van der Waals surface area contributed by atoms with Crippen LogP contribution in [0, 0.1) is 23.7 Å². The number of sulfonamides is 1. The Balaban J connectivity index is 1.56. The quantitative estimate of drug-likeness (QED) is 0.263. The number of carbonyl (C=O) groups is 1. The molecule has 0 radical (unpaired) electrons.